The lowest BCUT2D eigenvalue weighted by molar-refractivity contribution is 0.0587. The third-order valence-electron chi connectivity index (χ3n) is 5.63. The van der Waals surface area contributed by atoms with Crippen molar-refractivity contribution in [2.24, 2.45) is 5.10 Å². The number of halogens is 1. The summed E-state index contributed by atoms with van der Waals surface area (Å²) in [5, 5.41) is 13.7. The Bertz CT molecular complexity index is 1240. The first kappa shape index (κ1) is 27.2. The Kier molecular flexibility index (Phi) is 8.08. The van der Waals surface area contributed by atoms with Gasteiger partial charge in [-0.15, -0.1) is 0 Å². The molecule has 0 saturated heterocycles. The fraction of sp³-hybridized carbons (Fsp3) is 0.480. The van der Waals surface area contributed by atoms with Crippen LogP contribution >= 0.6 is 11.6 Å². The Morgan fingerprint density at radius 3 is 2.67 bits per heavy atom. The minimum Gasteiger partial charge on any atom is -0.443 e. The Morgan fingerprint density at radius 2 is 2.03 bits per heavy atom. The van der Waals surface area contributed by atoms with Crippen LogP contribution in [0.3, 0.4) is 0 Å². The lowest BCUT2D eigenvalue weighted by Gasteiger charge is -2.24. The van der Waals surface area contributed by atoms with Gasteiger partial charge in [0.25, 0.3) is 5.91 Å². The first-order valence-corrected chi connectivity index (χ1v) is 12.1. The number of nitrogens with zero attached hydrogens (tertiary/aromatic N) is 6. The third kappa shape index (κ3) is 6.42. The monoisotopic (exact) mass is 515 g/mol. The van der Waals surface area contributed by atoms with E-state index in [4.69, 9.17) is 16.3 Å². The van der Waals surface area contributed by atoms with Crippen LogP contribution in [0.15, 0.2) is 41.3 Å². The normalized spacial score (nSPS) is 14.9. The molecule has 0 bridgehead atoms. The molecular weight excluding hydrogens is 482 g/mol. The van der Waals surface area contributed by atoms with E-state index in [2.05, 4.69) is 27.1 Å². The smallest absolute Gasteiger partial charge is 0.415 e. The second-order valence-corrected chi connectivity index (χ2v) is 10.3. The number of hydrazone groups is 1. The van der Waals surface area contributed by atoms with Gasteiger partial charge in [0, 0.05) is 26.2 Å². The van der Waals surface area contributed by atoms with Crippen molar-refractivity contribution < 1.29 is 14.3 Å². The summed E-state index contributed by atoms with van der Waals surface area (Å²) < 4.78 is 6.83. The topological polar surface area (TPSA) is 104 Å². The number of anilines is 1. The molecule has 1 aliphatic rings. The standard InChI is InChI=1S/C25H34ClN7O3/c1-15-12-18(30-32(8)17(15)3)11-9-10-16(2)28-23(34)19-14-27-33-21(13-20(26)29-22(19)33)31(7)24(35)36-25(4,5)6/h12-14,16H,3,9-11H2,1-2,4-8H3,(H,28,34)/t16-/m1/s1. The van der Waals surface area contributed by atoms with Crippen molar-refractivity contribution in [3.8, 4) is 0 Å². The van der Waals surface area contributed by atoms with Gasteiger partial charge in [-0.05, 0) is 65.5 Å². The summed E-state index contributed by atoms with van der Waals surface area (Å²) in [5.41, 5.74) is 2.82. The van der Waals surface area contributed by atoms with Crippen LogP contribution in [-0.4, -0.2) is 63.1 Å². The third-order valence-corrected chi connectivity index (χ3v) is 5.83. The fourth-order valence-corrected chi connectivity index (χ4v) is 3.87. The number of hydrogen-bond donors (Lipinski definition) is 1. The van der Waals surface area contributed by atoms with E-state index < -0.39 is 11.7 Å². The van der Waals surface area contributed by atoms with Crippen molar-refractivity contribution in [2.45, 2.75) is 65.5 Å². The molecule has 0 spiro atoms. The molecule has 3 heterocycles. The van der Waals surface area contributed by atoms with Crippen molar-refractivity contribution in [2.75, 3.05) is 19.0 Å². The zero-order chi connectivity index (χ0) is 26.8. The Balaban J connectivity index is 1.68. The van der Waals surface area contributed by atoms with E-state index in [1.165, 1.54) is 21.7 Å². The van der Waals surface area contributed by atoms with Gasteiger partial charge in [0.2, 0.25) is 0 Å². The van der Waals surface area contributed by atoms with Crippen LogP contribution < -0.4 is 10.2 Å². The van der Waals surface area contributed by atoms with Gasteiger partial charge >= 0.3 is 6.09 Å². The molecule has 0 unspecified atom stereocenters. The van der Waals surface area contributed by atoms with E-state index in [0.717, 1.165) is 36.2 Å². The number of ether oxygens (including phenoxy) is 1. The molecular formula is C25H34ClN7O3. The first-order chi connectivity index (χ1) is 16.8. The van der Waals surface area contributed by atoms with Gasteiger partial charge in [0.15, 0.2) is 5.65 Å². The van der Waals surface area contributed by atoms with Gasteiger partial charge in [-0.2, -0.15) is 14.7 Å². The number of nitrogens with one attached hydrogen (secondary N) is 1. The maximum atomic E-state index is 13.0. The molecule has 0 fully saturated rings. The molecule has 36 heavy (non-hydrogen) atoms. The van der Waals surface area contributed by atoms with Crippen LogP contribution in [0.1, 0.15) is 64.2 Å². The molecule has 11 heteroatoms. The van der Waals surface area contributed by atoms with Gasteiger partial charge in [-0.3, -0.25) is 14.7 Å². The van der Waals surface area contributed by atoms with Gasteiger partial charge in [0.1, 0.15) is 22.1 Å². The Labute approximate surface area is 216 Å². The van der Waals surface area contributed by atoms with Crippen molar-refractivity contribution in [3.63, 3.8) is 0 Å². The quantitative estimate of drug-likeness (QED) is 0.531. The largest absolute Gasteiger partial charge is 0.443 e. The molecule has 3 rings (SSSR count). The highest BCUT2D eigenvalue weighted by molar-refractivity contribution is 6.30. The second-order valence-electron chi connectivity index (χ2n) is 9.93. The van der Waals surface area contributed by atoms with E-state index in [9.17, 15) is 9.59 Å². The highest BCUT2D eigenvalue weighted by Crippen LogP contribution is 2.23. The summed E-state index contributed by atoms with van der Waals surface area (Å²) in [7, 11) is 3.43. The van der Waals surface area contributed by atoms with Crippen molar-refractivity contribution in [1.29, 1.82) is 0 Å². The van der Waals surface area contributed by atoms with Crippen LogP contribution in [0.4, 0.5) is 10.6 Å². The van der Waals surface area contributed by atoms with Crippen molar-refractivity contribution in [3.05, 3.63) is 46.9 Å². The number of fused-ring (bicyclic) bond motifs is 1. The number of rotatable bonds is 7. The number of likely N-dealkylation sites (N-methyl/N-ethyl adjacent to an activating group) is 1. The molecule has 1 aliphatic heterocycles. The SMILES string of the molecule is C=C1C(C)=CC(CCC[C@@H](C)NC(=O)c2cnn3c(N(C)C(=O)OC(C)(C)C)cc(Cl)nc23)=NN1C. The minimum absolute atomic E-state index is 0.0856. The van der Waals surface area contributed by atoms with E-state index in [-0.39, 0.29) is 28.3 Å². The van der Waals surface area contributed by atoms with Crippen molar-refractivity contribution in [1.82, 2.24) is 24.9 Å². The maximum Gasteiger partial charge on any atom is 0.415 e. The van der Waals surface area contributed by atoms with Gasteiger partial charge < -0.3 is 10.1 Å². The van der Waals surface area contributed by atoms with Crippen molar-refractivity contribution >= 4 is 40.8 Å². The van der Waals surface area contributed by atoms with E-state index in [1.807, 2.05) is 27.0 Å². The van der Waals surface area contributed by atoms with E-state index >= 15 is 0 Å². The molecule has 194 valence electrons. The van der Waals surface area contributed by atoms with Crippen LogP contribution in [0, 0.1) is 0 Å². The summed E-state index contributed by atoms with van der Waals surface area (Å²) in [4.78, 5) is 31.2. The number of carbonyl (C=O) groups is 2. The van der Waals surface area contributed by atoms with Gasteiger partial charge in [0.05, 0.1) is 17.6 Å². The fourth-order valence-electron chi connectivity index (χ4n) is 3.70. The summed E-state index contributed by atoms with van der Waals surface area (Å²) in [5.74, 6) is 0.00974. The molecule has 0 aromatic carbocycles. The van der Waals surface area contributed by atoms with Crippen LogP contribution in [0.2, 0.25) is 5.15 Å². The summed E-state index contributed by atoms with van der Waals surface area (Å²) in [6.07, 6.45) is 5.30. The molecule has 2 amide bonds. The number of aromatic nitrogens is 3. The lowest BCUT2D eigenvalue weighted by Crippen LogP contribution is -2.35. The average Bonchev–Trinajstić information content (AvgIpc) is 3.19. The zero-order valence-corrected chi connectivity index (χ0v) is 22.7. The second kappa shape index (κ2) is 10.7. The molecule has 0 aliphatic carbocycles. The maximum absolute atomic E-state index is 13.0. The number of amides is 2. The van der Waals surface area contributed by atoms with Crippen LogP contribution in [0.25, 0.3) is 5.65 Å². The zero-order valence-electron chi connectivity index (χ0n) is 21.9. The number of carbonyl (C=O) groups excluding carboxylic acids is 2. The van der Waals surface area contributed by atoms with Gasteiger partial charge in [-0.1, -0.05) is 18.2 Å². The van der Waals surface area contributed by atoms with E-state index in [0.29, 0.717) is 5.82 Å². The summed E-state index contributed by atoms with van der Waals surface area (Å²) >= 11 is 6.23. The first-order valence-electron chi connectivity index (χ1n) is 11.8. The molecule has 2 aromatic rings. The summed E-state index contributed by atoms with van der Waals surface area (Å²) in [6, 6.07) is 1.41. The highest BCUT2D eigenvalue weighted by Gasteiger charge is 2.25. The molecule has 10 nitrogen and oxygen atoms in total. The molecule has 1 atom stereocenters. The lowest BCUT2D eigenvalue weighted by atomic mass is 10.0. The molecule has 0 saturated carbocycles. The highest BCUT2D eigenvalue weighted by atomic mass is 35.5. The van der Waals surface area contributed by atoms with Crippen LogP contribution in [0.5, 0.6) is 0 Å². The molecule has 2 aromatic heterocycles. The predicted molar refractivity (Wildman–Crippen MR) is 142 cm³/mol. The van der Waals surface area contributed by atoms with Gasteiger partial charge in [-0.25, -0.2) is 9.78 Å². The average molecular weight is 516 g/mol. The minimum atomic E-state index is -0.671. The van der Waals surface area contributed by atoms with Crippen LogP contribution in [-0.2, 0) is 4.74 Å². The summed E-state index contributed by atoms with van der Waals surface area (Å²) in [6.45, 7) is 13.3. The Hall–Kier alpha value is -3.40. The molecule has 1 N–H and O–H groups in total. The Morgan fingerprint density at radius 1 is 1.33 bits per heavy atom. The number of allylic oxidation sites excluding steroid dienone is 2. The number of hydrogen-bond acceptors (Lipinski definition) is 7. The van der Waals surface area contributed by atoms with E-state index in [1.54, 1.807) is 32.8 Å². The molecule has 0 radical (unpaired) electrons. The predicted octanol–water partition coefficient (Wildman–Crippen LogP) is 4.80.